The van der Waals surface area contributed by atoms with E-state index < -0.39 is 10.7 Å². The second kappa shape index (κ2) is 8.22. The van der Waals surface area contributed by atoms with Gasteiger partial charge in [0.05, 0.1) is 25.2 Å². The number of methoxy groups -OCH3 is 2. The zero-order chi connectivity index (χ0) is 19.4. The first-order valence-corrected chi connectivity index (χ1v) is 8.64. The minimum Gasteiger partial charge on any atom is -0.497 e. The molecule has 8 heteroatoms. The third-order valence-corrected chi connectivity index (χ3v) is 4.73. The molecular weight excluding hydrogens is 353 g/mol. The highest BCUT2D eigenvalue weighted by Gasteiger charge is 2.24. The van der Waals surface area contributed by atoms with Crippen molar-refractivity contribution < 1.29 is 18.8 Å². The molecule has 0 spiro atoms. The van der Waals surface area contributed by atoms with Crippen molar-refractivity contribution in [3.63, 3.8) is 0 Å². The molecule has 1 fully saturated rings. The second-order valence-corrected chi connectivity index (χ2v) is 6.33. The van der Waals surface area contributed by atoms with Crippen LogP contribution in [-0.4, -0.2) is 50.2 Å². The van der Waals surface area contributed by atoms with Crippen molar-refractivity contribution in [2.24, 2.45) is 0 Å². The van der Waals surface area contributed by atoms with Gasteiger partial charge in [0.2, 0.25) is 0 Å². The van der Waals surface area contributed by atoms with Crippen LogP contribution in [0.1, 0.15) is 5.56 Å². The molecule has 2 aromatic carbocycles. The Labute approximate surface area is 157 Å². The standard InChI is InChI=1S/C19H22FN3O4/c1-26-16-4-6-19(27-2)14(11-16)13-21-7-9-22(10-8-21)17-5-3-15(20)12-18(17)23(24)25/h3-6,11-12H,7-10,13H2,1-2H3. The highest BCUT2D eigenvalue weighted by Crippen LogP contribution is 2.30. The molecule has 144 valence electrons. The molecule has 1 heterocycles. The maximum absolute atomic E-state index is 13.4. The highest BCUT2D eigenvalue weighted by atomic mass is 19.1. The van der Waals surface area contributed by atoms with Gasteiger partial charge in [-0.15, -0.1) is 0 Å². The summed E-state index contributed by atoms with van der Waals surface area (Å²) in [6.07, 6.45) is 0. The Kier molecular flexibility index (Phi) is 5.75. The van der Waals surface area contributed by atoms with Crippen molar-refractivity contribution >= 4 is 11.4 Å². The lowest BCUT2D eigenvalue weighted by Crippen LogP contribution is -2.46. The summed E-state index contributed by atoms with van der Waals surface area (Å²) in [7, 11) is 3.26. The molecule has 2 aromatic rings. The van der Waals surface area contributed by atoms with Crippen molar-refractivity contribution in [3.05, 3.63) is 57.9 Å². The van der Waals surface area contributed by atoms with Gasteiger partial charge < -0.3 is 14.4 Å². The number of nitrogens with zero attached hydrogens (tertiary/aromatic N) is 3. The molecule has 27 heavy (non-hydrogen) atoms. The van der Waals surface area contributed by atoms with E-state index in [-0.39, 0.29) is 5.69 Å². The molecule has 0 bridgehead atoms. The summed E-state index contributed by atoms with van der Waals surface area (Å²) >= 11 is 0. The van der Waals surface area contributed by atoms with Gasteiger partial charge in [-0.3, -0.25) is 15.0 Å². The molecule has 7 nitrogen and oxygen atoms in total. The molecule has 3 rings (SSSR count). The minimum absolute atomic E-state index is 0.196. The molecule has 0 N–H and O–H groups in total. The second-order valence-electron chi connectivity index (χ2n) is 6.33. The number of hydrogen-bond donors (Lipinski definition) is 0. The summed E-state index contributed by atoms with van der Waals surface area (Å²) in [5.74, 6) is 0.966. The van der Waals surface area contributed by atoms with E-state index in [0.717, 1.165) is 36.2 Å². The van der Waals surface area contributed by atoms with Gasteiger partial charge in [-0.1, -0.05) is 0 Å². The van der Waals surface area contributed by atoms with Crippen LogP contribution in [0.4, 0.5) is 15.8 Å². The van der Waals surface area contributed by atoms with Gasteiger partial charge in [0, 0.05) is 38.3 Å². The Morgan fingerprint density at radius 3 is 2.44 bits per heavy atom. The number of nitro benzene ring substituents is 1. The van der Waals surface area contributed by atoms with E-state index in [0.29, 0.717) is 25.3 Å². The molecule has 0 aliphatic carbocycles. The van der Waals surface area contributed by atoms with Crippen molar-refractivity contribution in [1.82, 2.24) is 4.90 Å². The maximum atomic E-state index is 13.4. The van der Waals surface area contributed by atoms with Gasteiger partial charge in [-0.05, 0) is 30.3 Å². The fourth-order valence-electron chi connectivity index (χ4n) is 3.30. The summed E-state index contributed by atoms with van der Waals surface area (Å²) in [6.45, 7) is 3.40. The van der Waals surface area contributed by atoms with Crippen LogP contribution in [0, 0.1) is 15.9 Å². The quantitative estimate of drug-likeness (QED) is 0.571. The molecule has 0 amide bonds. The van der Waals surface area contributed by atoms with Gasteiger partial charge in [0.15, 0.2) is 0 Å². The molecule has 0 unspecified atom stereocenters. The topological polar surface area (TPSA) is 68.1 Å². The number of anilines is 1. The first kappa shape index (κ1) is 18.9. The summed E-state index contributed by atoms with van der Waals surface area (Å²) < 4.78 is 24.1. The number of rotatable bonds is 6. The van der Waals surface area contributed by atoms with E-state index in [9.17, 15) is 14.5 Å². The Morgan fingerprint density at radius 2 is 1.81 bits per heavy atom. The van der Waals surface area contributed by atoms with Crippen LogP contribution in [0.15, 0.2) is 36.4 Å². The van der Waals surface area contributed by atoms with Gasteiger partial charge in [0.25, 0.3) is 5.69 Å². The zero-order valence-electron chi connectivity index (χ0n) is 15.4. The van der Waals surface area contributed by atoms with Crippen molar-refractivity contribution in [2.45, 2.75) is 6.54 Å². The average molecular weight is 375 g/mol. The van der Waals surface area contributed by atoms with E-state index in [2.05, 4.69) is 4.90 Å². The molecular formula is C19H22FN3O4. The van der Waals surface area contributed by atoms with Gasteiger partial charge in [-0.25, -0.2) is 4.39 Å². The van der Waals surface area contributed by atoms with Crippen molar-refractivity contribution in [3.8, 4) is 11.5 Å². The van der Waals surface area contributed by atoms with Crippen molar-refractivity contribution in [1.29, 1.82) is 0 Å². The predicted molar refractivity (Wildman–Crippen MR) is 100 cm³/mol. The van der Waals surface area contributed by atoms with Crippen LogP contribution < -0.4 is 14.4 Å². The first-order valence-electron chi connectivity index (χ1n) is 8.64. The fraction of sp³-hybridized carbons (Fsp3) is 0.368. The molecule has 1 saturated heterocycles. The maximum Gasteiger partial charge on any atom is 0.295 e. The van der Waals surface area contributed by atoms with Gasteiger partial charge in [-0.2, -0.15) is 0 Å². The van der Waals surface area contributed by atoms with E-state index in [1.54, 1.807) is 14.2 Å². The lowest BCUT2D eigenvalue weighted by molar-refractivity contribution is -0.384. The number of ether oxygens (including phenoxy) is 2. The Bertz CT molecular complexity index is 823. The third-order valence-electron chi connectivity index (χ3n) is 4.73. The van der Waals surface area contributed by atoms with E-state index in [4.69, 9.17) is 9.47 Å². The van der Waals surface area contributed by atoms with Crippen LogP contribution in [-0.2, 0) is 6.54 Å². The van der Waals surface area contributed by atoms with Crippen LogP contribution in [0.3, 0.4) is 0 Å². The van der Waals surface area contributed by atoms with Crippen LogP contribution in [0.25, 0.3) is 0 Å². The van der Waals surface area contributed by atoms with Crippen molar-refractivity contribution in [2.75, 3.05) is 45.3 Å². The fourth-order valence-corrected chi connectivity index (χ4v) is 3.30. The van der Waals surface area contributed by atoms with E-state index in [1.807, 2.05) is 23.1 Å². The smallest absolute Gasteiger partial charge is 0.295 e. The lowest BCUT2D eigenvalue weighted by Gasteiger charge is -2.36. The van der Waals surface area contributed by atoms with Crippen LogP contribution >= 0.6 is 0 Å². The number of hydrogen-bond acceptors (Lipinski definition) is 6. The SMILES string of the molecule is COc1ccc(OC)c(CN2CCN(c3ccc(F)cc3[N+](=O)[O-])CC2)c1. The average Bonchev–Trinajstić information content (AvgIpc) is 2.68. The molecule has 0 saturated carbocycles. The zero-order valence-corrected chi connectivity index (χ0v) is 15.4. The summed E-state index contributed by atoms with van der Waals surface area (Å²) in [4.78, 5) is 14.9. The Balaban J connectivity index is 1.69. The van der Waals surface area contributed by atoms with Crippen LogP contribution in [0.2, 0.25) is 0 Å². The minimum atomic E-state index is -0.603. The molecule has 0 radical (unpaired) electrons. The lowest BCUT2D eigenvalue weighted by atomic mass is 10.1. The number of piperazine rings is 1. The first-order chi connectivity index (χ1) is 13.0. The number of halogens is 1. The highest BCUT2D eigenvalue weighted by molar-refractivity contribution is 5.63. The molecule has 0 atom stereocenters. The largest absolute Gasteiger partial charge is 0.497 e. The third kappa shape index (κ3) is 4.28. The molecule has 0 aromatic heterocycles. The summed E-state index contributed by atoms with van der Waals surface area (Å²) in [6, 6.07) is 9.41. The van der Waals surface area contributed by atoms with E-state index in [1.165, 1.54) is 12.1 Å². The normalized spacial score (nSPS) is 14.9. The summed E-state index contributed by atoms with van der Waals surface area (Å²) in [5.41, 5.74) is 1.29. The Hall–Kier alpha value is -2.87. The Morgan fingerprint density at radius 1 is 1.07 bits per heavy atom. The molecule has 1 aliphatic heterocycles. The predicted octanol–water partition coefficient (Wildman–Crippen LogP) is 3.07. The molecule has 1 aliphatic rings. The number of nitro groups is 1. The monoisotopic (exact) mass is 375 g/mol. The van der Waals surface area contributed by atoms with Gasteiger partial charge >= 0.3 is 0 Å². The van der Waals surface area contributed by atoms with Gasteiger partial charge in [0.1, 0.15) is 23.0 Å². The number of benzene rings is 2. The summed E-state index contributed by atoms with van der Waals surface area (Å²) in [5, 5.41) is 11.2. The van der Waals surface area contributed by atoms with E-state index >= 15 is 0 Å². The van der Waals surface area contributed by atoms with Crippen LogP contribution in [0.5, 0.6) is 11.5 Å².